The molecule has 3 rings (SSSR count). The molecule has 1 aromatic rings. The van der Waals surface area contributed by atoms with Crippen LogP contribution >= 0.6 is 22.6 Å². The second kappa shape index (κ2) is 5.31. The number of phenols is 1. The first-order valence-electron chi connectivity index (χ1n) is 6.92. The van der Waals surface area contributed by atoms with Crippen LogP contribution in [-0.2, 0) is 0 Å². The predicted molar refractivity (Wildman–Crippen MR) is 82.1 cm³/mol. The van der Waals surface area contributed by atoms with E-state index in [9.17, 15) is 9.90 Å². The van der Waals surface area contributed by atoms with Crippen molar-refractivity contribution in [3.63, 3.8) is 0 Å². The van der Waals surface area contributed by atoms with Crippen LogP contribution in [0.1, 0.15) is 36.0 Å². The minimum absolute atomic E-state index is 0.0713. The fourth-order valence-electron chi connectivity index (χ4n) is 2.73. The minimum atomic E-state index is -0.0713. The first-order valence-corrected chi connectivity index (χ1v) is 7.99. The third-order valence-electron chi connectivity index (χ3n) is 4.16. The summed E-state index contributed by atoms with van der Waals surface area (Å²) in [6.07, 6.45) is 5.34. The number of nitrogens with one attached hydrogen (secondary N) is 1. The second-order valence-corrected chi connectivity index (χ2v) is 6.88. The lowest BCUT2D eigenvalue weighted by atomic mass is 9.98. The summed E-state index contributed by atoms with van der Waals surface area (Å²) in [6.45, 7) is 0.793. The van der Waals surface area contributed by atoms with Gasteiger partial charge < -0.3 is 10.4 Å². The van der Waals surface area contributed by atoms with Crippen LogP contribution < -0.4 is 5.32 Å². The van der Waals surface area contributed by atoms with Crippen molar-refractivity contribution in [1.29, 1.82) is 0 Å². The number of halogens is 1. The molecule has 2 fully saturated rings. The summed E-state index contributed by atoms with van der Waals surface area (Å²) >= 11 is 2.05. The van der Waals surface area contributed by atoms with E-state index in [4.69, 9.17) is 0 Å². The Morgan fingerprint density at radius 1 is 1.32 bits per heavy atom. The smallest absolute Gasteiger partial charge is 0.251 e. The first-order chi connectivity index (χ1) is 9.15. The molecule has 3 nitrogen and oxygen atoms in total. The van der Waals surface area contributed by atoms with E-state index in [1.54, 1.807) is 18.2 Å². The van der Waals surface area contributed by atoms with Crippen molar-refractivity contribution in [2.75, 3.05) is 6.54 Å². The highest BCUT2D eigenvalue weighted by Gasteiger charge is 2.41. The highest BCUT2D eigenvalue weighted by molar-refractivity contribution is 14.1. The molecule has 2 aliphatic rings. The van der Waals surface area contributed by atoms with Gasteiger partial charge in [-0.1, -0.05) is 0 Å². The predicted octanol–water partition coefficient (Wildman–Crippen LogP) is 3.16. The maximum Gasteiger partial charge on any atom is 0.251 e. The van der Waals surface area contributed by atoms with Crippen LogP contribution in [0.25, 0.3) is 0 Å². The van der Waals surface area contributed by atoms with Gasteiger partial charge >= 0.3 is 0 Å². The van der Waals surface area contributed by atoms with Gasteiger partial charge in [0.25, 0.3) is 5.91 Å². The minimum Gasteiger partial charge on any atom is -0.507 e. The molecule has 102 valence electrons. The van der Waals surface area contributed by atoms with Crippen molar-refractivity contribution in [1.82, 2.24) is 5.32 Å². The maximum atomic E-state index is 12.1. The normalized spacial score (nSPS) is 18.6. The molecular formula is C15H18INO2. The van der Waals surface area contributed by atoms with Crippen LogP contribution in [0.5, 0.6) is 5.75 Å². The van der Waals surface area contributed by atoms with Crippen LogP contribution in [-0.4, -0.2) is 17.6 Å². The summed E-state index contributed by atoms with van der Waals surface area (Å²) in [5.74, 6) is 2.48. The summed E-state index contributed by atoms with van der Waals surface area (Å²) in [7, 11) is 0. The molecule has 0 bridgehead atoms. The van der Waals surface area contributed by atoms with Crippen molar-refractivity contribution in [3.8, 4) is 5.75 Å². The highest BCUT2D eigenvalue weighted by atomic mass is 127. The molecule has 2 N–H and O–H groups in total. The van der Waals surface area contributed by atoms with Crippen molar-refractivity contribution in [3.05, 3.63) is 27.3 Å². The Labute approximate surface area is 126 Å². The van der Waals surface area contributed by atoms with Crippen molar-refractivity contribution < 1.29 is 9.90 Å². The maximum absolute atomic E-state index is 12.1. The van der Waals surface area contributed by atoms with E-state index in [-0.39, 0.29) is 11.7 Å². The van der Waals surface area contributed by atoms with E-state index in [0.29, 0.717) is 11.5 Å². The van der Waals surface area contributed by atoms with Crippen LogP contribution in [0, 0.1) is 21.3 Å². The Morgan fingerprint density at radius 3 is 2.47 bits per heavy atom. The standard InChI is InChI=1S/C15H18INO2/c16-13-6-5-11(7-14(13)18)15(19)17-8-12(9-1-2-9)10-3-4-10/h5-7,9-10,12,18H,1-4,8H2,(H,17,19). The van der Waals surface area contributed by atoms with E-state index in [1.807, 2.05) is 22.6 Å². The van der Waals surface area contributed by atoms with Crippen LogP contribution in [0.3, 0.4) is 0 Å². The summed E-state index contributed by atoms with van der Waals surface area (Å²) in [4.78, 5) is 12.1. The average molecular weight is 371 g/mol. The summed E-state index contributed by atoms with van der Waals surface area (Å²) in [6, 6.07) is 5.07. The molecule has 1 aromatic carbocycles. The average Bonchev–Trinajstić information content (AvgIpc) is 3.26. The van der Waals surface area contributed by atoms with Gasteiger partial charge in [0.1, 0.15) is 5.75 Å². The van der Waals surface area contributed by atoms with E-state index in [0.717, 1.165) is 22.0 Å². The largest absolute Gasteiger partial charge is 0.507 e. The van der Waals surface area contributed by atoms with Gasteiger partial charge in [0, 0.05) is 12.1 Å². The van der Waals surface area contributed by atoms with Crippen molar-refractivity contribution >= 4 is 28.5 Å². The van der Waals surface area contributed by atoms with Gasteiger partial charge in [-0.15, -0.1) is 0 Å². The van der Waals surface area contributed by atoms with Crippen LogP contribution in [0.4, 0.5) is 0 Å². The molecule has 1 amide bonds. The number of carbonyl (C=O) groups excluding carboxylic acids is 1. The molecule has 0 heterocycles. The van der Waals surface area contributed by atoms with Crippen LogP contribution in [0.15, 0.2) is 18.2 Å². The monoisotopic (exact) mass is 371 g/mol. The van der Waals surface area contributed by atoms with Crippen LogP contribution in [0.2, 0.25) is 0 Å². The number of phenolic OH excluding ortho intramolecular Hbond substituents is 1. The molecular weight excluding hydrogens is 353 g/mol. The van der Waals surface area contributed by atoms with Gasteiger partial charge in [0.05, 0.1) is 3.57 Å². The number of amides is 1. The lowest BCUT2D eigenvalue weighted by molar-refractivity contribution is 0.0943. The second-order valence-electron chi connectivity index (χ2n) is 5.71. The Balaban J connectivity index is 1.59. The zero-order valence-corrected chi connectivity index (χ0v) is 12.9. The number of hydrogen-bond acceptors (Lipinski definition) is 2. The molecule has 0 saturated heterocycles. The summed E-state index contributed by atoms with van der Waals surface area (Å²) in [5.41, 5.74) is 0.545. The van der Waals surface area contributed by atoms with Gasteiger partial charge in [-0.2, -0.15) is 0 Å². The zero-order valence-electron chi connectivity index (χ0n) is 10.7. The molecule has 0 aromatic heterocycles. The Bertz CT molecular complexity index is 483. The van der Waals surface area contributed by atoms with Crippen molar-refractivity contribution in [2.24, 2.45) is 17.8 Å². The number of rotatable bonds is 5. The molecule has 0 spiro atoms. The Kier molecular flexibility index (Phi) is 3.69. The van der Waals surface area contributed by atoms with Gasteiger partial charge in [0.15, 0.2) is 0 Å². The summed E-state index contributed by atoms with van der Waals surface area (Å²) < 4.78 is 0.767. The molecule has 0 radical (unpaired) electrons. The Morgan fingerprint density at radius 2 is 1.95 bits per heavy atom. The molecule has 4 heteroatoms. The van der Waals surface area contributed by atoms with Gasteiger partial charge in [0.2, 0.25) is 0 Å². The fraction of sp³-hybridized carbons (Fsp3) is 0.533. The lowest BCUT2D eigenvalue weighted by Crippen LogP contribution is -2.31. The molecule has 0 unspecified atom stereocenters. The van der Waals surface area contributed by atoms with E-state index >= 15 is 0 Å². The lowest BCUT2D eigenvalue weighted by Gasteiger charge is -2.16. The zero-order chi connectivity index (χ0) is 13.4. The molecule has 2 saturated carbocycles. The Hall–Kier alpha value is -0.780. The first kappa shape index (κ1) is 13.2. The number of benzene rings is 1. The molecule has 0 aliphatic heterocycles. The number of aromatic hydroxyl groups is 1. The molecule has 19 heavy (non-hydrogen) atoms. The molecule has 2 aliphatic carbocycles. The molecule has 0 atom stereocenters. The number of carbonyl (C=O) groups is 1. The SMILES string of the molecule is O=C(NCC(C1CC1)C1CC1)c1ccc(I)c(O)c1. The van der Waals surface area contributed by atoms with E-state index < -0.39 is 0 Å². The third-order valence-corrected chi connectivity index (χ3v) is 5.07. The highest BCUT2D eigenvalue weighted by Crippen LogP contribution is 2.48. The topological polar surface area (TPSA) is 49.3 Å². The van der Waals surface area contributed by atoms with E-state index in [2.05, 4.69) is 5.32 Å². The quantitative estimate of drug-likeness (QED) is 0.782. The van der Waals surface area contributed by atoms with Gasteiger partial charge in [-0.3, -0.25) is 4.79 Å². The van der Waals surface area contributed by atoms with Crippen molar-refractivity contribution in [2.45, 2.75) is 25.7 Å². The third kappa shape index (κ3) is 3.22. The van der Waals surface area contributed by atoms with Gasteiger partial charge in [-0.25, -0.2) is 0 Å². The van der Waals surface area contributed by atoms with Gasteiger partial charge in [-0.05, 0) is 84.2 Å². The summed E-state index contributed by atoms with van der Waals surface area (Å²) in [5, 5.41) is 12.7. The number of hydrogen-bond donors (Lipinski definition) is 2. The van der Waals surface area contributed by atoms with E-state index in [1.165, 1.54) is 25.7 Å². The fourth-order valence-corrected chi connectivity index (χ4v) is 3.07.